The van der Waals surface area contributed by atoms with Gasteiger partial charge in [0.05, 0.1) is 5.25 Å². The molecule has 0 bridgehead atoms. The normalized spacial score (nSPS) is 29.9. The number of thioether (sulfide) groups is 1. The van der Waals surface area contributed by atoms with Gasteiger partial charge in [0.1, 0.15) is 0 Å². The fourth-order valence-electron chi connectivity index (χ4n) is 2.49. The number of amides is 1. The molecule has 3 nitrogen and oxygen atoms in total. The van der Waals surface area contributed by atoms with Crippen LogP contribution in [0.1, 0.15) is 32.1 Å². The van der Waals surface area contributed by atoms with Crippen LogP contribution < -0.4 is 5.73 Å². The van der Waals surface area contributed by atoms with Crippen LogP contribution in [0.25, 0.3) is 0 Å². The summed E-state index contributed by atoms with van der Waals surface area (Å²) in [6.45, 7) is 1.56. The zero-order chi connectivity index (χ0) is 10.7. The van der Waals surface area contributed by atoms with Crippen molar-refractivity contribution in [3.63, 3.8) is 0 Å². The molecule has 2 atom stereocenters. The highest BCUT2D eigenvalue weighted by Gasteiger charge is 2.32. The summed E-state index contributed by atoms with van der Waals surface area (Å²) in [6, 6.07) is 0.312. The van der Waals surface area contributed by atoms with Crippen molar-refractivity contribution in [1.29, 1.82) is 0 Å². The largest absolute Gasteiger partial charge is 0.337 e. The summed E-state index contributed by atoms with van der Waals surface area (Å²) >= 11 is 1.82. The predicted molar refractivity (Wildman–Crippen MR) is 71.1 cm³/mol. The molecule has 1 amide bonds. The van der Waals surface area contributed by atoms with Crippen LogP contribution in [0.2, 0.25) is 0 Å². The summed E-state index contributed by atoms with van der Waals surface area (Å²) in [6.07, 6.45) is 5.74. The molecule has 2 heterocycles. The Morgan fingerprint density at radius 2 is 2.12 bits per heavy atom. The molecule has 0 spiro atoms. The van der Waals surface area contributed by atoms with E-state index in [1.54, 1.807) is 0 Å². The number of nitrogens with two attached hydrogens (primary N) is 1. The zero-order valence-electron chi connectivity index (χ0n) is 9.56. The average molecular weight is 265 g/mol. The molecule has 0 aromatic rings. The molecule has 2 saturated heterocycles. The van der Waals surface area contributed by atoms with Gasteiger partial charge >= 0.3 is 0 Å². The first-order valence-electron chi connectivity index (χ1n) is 5.95. The molecule has 0 aromatic heterocycles. The van der Waals surface area contributed by atoms with Crippen molar-refractivity contribution < 1.29 is 4.79 Å². The first kappa shape index (κ1) is 14.1. The standard InChI is InChI=1S/C11H20N2OS.ClH/c12-8-9-4-1-2-6-13(9)11(14)10-5-3-7-15-10;/h9-10H,1-8,12H2;1H. The van der Waals surface area contributed by atoms with Crippen LogP contribution in [0.3, 0.4) is 0 Å². The Labute approximate surface area is 108 Å². The predicted octanol–water partition coefficient (Wildman–Crippen LogP) is 1.64. The van der Waals surface area contributed by atoms with Crippen molar-refractivity contribution in [2.24, 2.45) is 5.73 Å². The number of rotatable bonds is 2. The zero-order valence-corrected chi connectivity index (χ0v) is 11.2. The second kappa shape index (κ2) is 6.72. The maximum absolute atomic E-state index is 12.2. The quantitative estimate of drug-likeness (QED) is 0.825. The van der Waals surface area contributed by atoms with Crippen LogP contribution in [-0.2, 0) is 4.79 Å². The van der Waals surface area contributed by atoms with Gasteiger partial charge in [-0.25, -0.2) is 0 Å². The Bertz CT molecular complexity index is 234. The summed E-state index contributed by atoms with van der Waals surface area (Å²) in [5, 5.41) is 0.233. The molecule has 2 aliphatic rings. The first-order valence-corrected chi connectivity index (χ1v) is 7.00. The summed E-state index contributed by atoms with van der Waals surface area (Å²) in [5.74, 6) is 1.50. The SMILES string of the molecule is Cl.NCC1CCCCN1C(=O)C1CCCS1. The molecule has 2 N–H and O–H groups in total. The molecule has 0 aromatic carbocycles. The molecule has 16 heavy (non-hydrogen) atoms. The number of hydrogen-bond donors (Lipinski definition) is 1. The highest BCUT2D eigenvalue weighted by molar-refractivity contribution is 8.00. The number of nitrogens with zero attached hydrogens (tertiary/aromatic N) is 1. The molecule has 5 heteroatoms. The number of carbonyl (C=O) groups is 1. The van der Waals surface area contributed by atoms with E-state index in [4.69, 9.17) is 5.73 Å². The van der Waals surface area contributed by atoms with Crippen LogP contribution in [0, 0.1) is 0 Å². The minimum absolute atomic E-state index is 0. The topological polar surface area (TPSA) is 46.3 Å². The fourth-order valence-corrected chi connectivity index (χ4v) is 3.72. The van der Waals surface area contributed by atoms with E-state index in [0.29, 0.717) is 18.5 Å². The van der Waals surface area contributed by atoms with Crippen molar-refractivity contribution in [3.8, 4) is 0 Å². The van der Waals surface area contributed by atoms with Crippen LogP contribution in [0.15, 0.2) is 0 Å². The number of likely N-dealkylation sites (tertiary alicyclic amines) is 1. The van der Waals surface area contributed by atoms with Gasteiger partial charge in [-0.3, -0.25) is 4.79 Å². The second-order valence-corrected chi connectivity index (χ2v) is 5.73. The van der Waals surface area contributed by atoms with E-state index in [2.05, 4.69) is 0 Å². The van der Waals surface area contributed by atoms with E-state index in [1.807, 2.05) is 16.7 Å². The number of piperidine rings is 1. The molecule has 0 aliphatic carbocycles. The van der Waals surface area contributed by atoms with E-state index < -0.39 is 0 Å². The van der Waals surface area contributed by atoms with E-state index in [0.717, 1.165) is 31.6 Å². The highest BCUT2D eigenvalue weighted by atomic mass is 35.5. The summed E-state index contributed by atoms with van der Waals surface area (Å²) in [7, 11) is 0. The Balaban J connectivity index is 0.00000128. The molecule has 0 saturated carbocycles. The van der Waals surface area contributed by atoms with E-state index in [1.165, 1.54) is 12.8 Å². The monoisotopic (exact) mass is 264 g/mol. The van der Waals surface area contributed by atoms with Gasteiger partial charge in [-0.15, -0.1) is 24.2 Å². The summed E-state index contributed by atoms with van der Waals surface area (Å²) in [5.41, 5.74) is 5.73. The van der Waals surface area contributed by atoms with E-state index >= 15 is 0 Å². The lowest BCUT2D eigenvalue weighted by Crippen LogP contribution is -2.50. The van der Waals surface area contributed by atoms with Crippen LogP contribution in [0.4, 0.5) is 0 Å². The molecule has 94 valence electrons. The Kier molecular flexibility index (Phi) is 5.94. The maximum atomic E-state index is 12.2. The Morgan fingerprint density at radius 3 is 2.75 bits per heavy atom. The van der Waals surface area contributed by atoms with Crippen LogP contribution >= 0.6 is 24.2 Å². The third kappa shape index (κ3) is 3.05. The average Bonchev–Trinajstić information content (AvgIpc) is 2.81. The van der Waals surface area contributed by atoms with Crippen molar-refractivity contribution in [2.45, 2.75) is 43.4 Å². The van der Waals surface area contributed by atoms with Gasteiger partial charge in [-0.2, -0.15) is 0 Å². The minimum Gasteiger partial charge on any atom is -0.337 e. The smallest absolute Gasteiger partial charge is 0.235 e. The third-order valence-electron chi connectivity index (χ3n) is 3.39. The molecule has 0 radical (unpaired) electrons. The summed E-state index contributed by atoms with van der Waals surface area (Å²) < 4.78 is 0. The van der Waals surface area contributed by atoms with Gasteiger partial charge in [0.25, 0.3) is 0 Å². The maximum Gasteiger partial charge on any atom is 0.235 e. The minimum atomic E-state index is 0. The molecule has 2 fully saturated rings. The first-order chi connectivity index (χ1) is 7.33. The van der Waals surface area contributed by atoms with Gasteiger partial charge in [0.2, 0.25) is 5.91 Å². The number of halogens is 1. The lowest BCUT2D eigenvalue weighted by molar-refractivity contribution is -0.134. The molecular weight excluding hydrogens is 244 g/mol. The summed E-state index contributed by atoms with van der Waals surface area (Å²) in [4.78, 5) is 14.3. The van der Waals surface area contributed by atoms with E-state index in [-0.39, 0.29) is 17.7 Å². The van der Waals surface area contributed by atoms with Crippen molar-refractivity contribution in [2.75, 3.05) is 18.8 Å². The van der Waals surface area contributed by atoms with Gasteiger partial charge < -0.3 is 10.6 Å². The second-order valence-electron chi connectivity index (χ2n) is 4.42. The fraction of sp³-hybridized carbons (Fsp3) is 0.909. The van der Waals surface area contributed by atoms with Crippen molar-refractivity contribution in [3.05, 3.63) is 0 Å². The lowest BCUT2D eigenvalue weighted by Gasteiger charge is -2.36. The Morgan fingerprint density at radius 1 is 1.31 bits per heavy atom. The lowest BCUT2D eigenvalue weighted by atomic mass is 10.0. The van der Waals surface area contributed by atoms with Gasteiger partial charge in [0.15, 0.2) is 0 Å². The number of carbonyl (C=O) groups excluding carboxylic acids is 1. The molecular formula is C11H21ClN2OS. The molecule has 2 aliphatic heterocycles. The highest BCUT2D eigenvalue weighted by Crippen LogP contribution is 2.29. The van der Waals surface area contributed by atoms with Crippen LogP contribution in [0.5, 0.6) is 0 Å². The van der Waals surface area contributed by atoms with Gasteiger partial charge in [-0.05, 0) is 37.9 Å². The molecule has 2 unspecified atom stereocenters. The molecule has 2 rings (SSSR count). The third-order valence-corrected chi connectivity index (χ3v) is 4.75. The van der Waals surface area contributed by atoms with E-state index in [9.17, 15) is 4.79 Å². The van der Waals surface area contributed by atoms with Crippen molar-refractivity contribution >= 4 is 30.1 Å². The van der Waals surface area contributed by atoms with Crippen molar-refractivity contribution in [1.82, 2.24) is 4.90 Å². The number of hydrogen-bond acceptors (Lipinski definition) is 3. The van der Waals surface area contributed by atoms with Gasteiger partial charge in [0, 0.05) is 19.1 Å². The Hall–Kier alpha value is 0.0700. The van der Waals surface area contributed by atoms with Crippen LogP contribution in [-0.4, -0.2) is 40.9 Å². The van der Waals surface area contributed by atoms with Gasteiger partial charge in [-0.1, -0.05) is 0 Å².